The number of ether oxygens (including phenoxy) is 2. The standard InChI is InChI=1S/C10H13NO4/c1-13-10(12)9-6-8(7-15-9)11-2-4-14-5-3-11/h6-7H,2-5H2,1H3. The molecule has 15 heavy (non-hydrogen) atoms. The van der Waals surface area contributed by atoms with Crippen LogP contribution in [0.3, 0.4) is 0 Å². The number of carbonyl (C=O) groups excluding carboxylic acids is 1. The first-order valence-corrected chi connectivity index (χ1v) is 4.81. The Hall–Kier alpha value is -1.49. The van der Waals surface area contributed by atoms with Crippen molar-refractivity contribution in [3.8, 4) is 0 Å². The molecule has 2 heterocycles. The summed E-state index contributed by atoms with van der Waals surface area (Å²) in [6.45, 7) is 3.05. The second-order valence-corrected chi connectivity index (χ2v) is 3.26. The molecule has 1 aromatic heterocycles. The fraction of sp³-hybridized carbons (Fsp3) is 0.500. The summed E-state index contributed by atoms with van der Waals surface area (Å²) in [6.07, 6.45) is 1.57. The number of esters is 1. The van der Waals surface area contributed by atoms with E-state index >= 15 is 0 Å². The molecule has 1 saturated heterocycles. The van der Waals surface area contributed by atoms with Gasteiger partial charge in [-0.05, 0) is 0 Å². The average molecular weight is 211 g/mol. The van der Waals surface area contributed by atoms with Crippen molar-refractivity contribution in [2.45, 2.75) is 0 Å². The van der Waals surface area contributed by atoms with Crippen molar-refractivity contribution in [1.82, 2.24) is 0 Å². The van der Waals surface area contributed by atoms with Gasteiger partial charge in [-0.3, -0.25) is 0 Å². The van der Waals surface area contributed by atoms with Crippen LogP contribution in [-0.4, -0.2) is 39.4 Å². The lowest BCUT2D eigenvalue weighted by Gasteiger charge is -2.27. The molecule has 0 spiro atoms. The third-order valence-corrected chi connectivity index (χ3v) is 2.35. The van der Waals surface area contributed by atoms with Gasteiger partial charge < -0.3 is 18.8 Å². The zero-order valence-corrected chi connectivity index (χ0v) is 8.56. The Morgan fingerprint density at radius 3 is 2.87 bits per heavy atom. The number of hydrogen-bond acceptors (Lipinski definition) is 5. The van der Waals surface area contributed by atoms with E-state index in [0.29, 0.717) is 13.2 Å². The lowest BCUT2D eigenvalue weighted by atomic mass is 10.3. The third kappa shape index (κ3) is 2.12. The molecule has 0 radical (unpaired) electrons. The van der Waals surface area contributed by atoms with Crippen LogP contribution in [0.1, 0.15) is 10.6 Å². The molecule has 1 aliphatic heterocycles. The van der Waals surface area contributed by atoms with Gasteiger partial charge in [-0.1, -0.05) is 0 Å². The highest BCUT2D eigenvalue weighted by molar-refractivity contribution is 5.87. The van der Waals surface area contributed by atoms with Crippen LogP contribution in [0.2, 0.25) is 0 Å². The number of rotatable bonds is 2. The largest absolute Gasteiger partial charge is 0.463 e. The molecule has 5 nitrogen and oxygen atoms in total. The van der Waals surface area contributed by atoms with Crippen molar-refractivity contribution in [3.63, 3.8) is 0 Å². The second-order valence-electron chi connectivity index (χ2n) is 3.26. The Morgan fingerprint density at radius 2 is 2.20 bits per heavy atom. The van der Waals surface area contributed by atoms with Gasteiger partial charge in [0.25, 0.3) is 0 Å². The summed E-state index contributed by atoms with van der Waals surface area (Å²) in [5.41, 5.74) is 0.902. The van der Waals surface area contributed by atoms with Gasteiger partial charge in [0.1, 0.15) is 6.26 Å². The molecule has 0 unspecified atom stereocenters. The van der Waals surface area contributed by atoms with Crippen LogP contribution >= 0.6 is 0 Å². The Morgan fingerprint density at radius 1 is 1.47 bits per heavy atom. The molecular formula is C10H13NO4. The number of carbonyl (C=O) groups is 1. The van der Waals surface area contributed by atoms with Crippen molar-refractivity contribution >= 4 is 11.7 Å². The smallest absolute Gasteiger partial charge is 0.374 e. The molecule has 1 aliphatic rings. The van der Waals surface area contributed by atoms with Crippen LogP contribution < -0.4 is 4.90 Å². The summed E-state index contributed by atoms with van der Waals surface area (Å²) in [4.78, 5) is 13.3. The molecule has 0 saturated carbocycles. The summed E-state index contributed by atoms with van der Waals surface area (Å²) in [5, 5.41) is 0. The first-order chi connectivity index (χ1) is 7.31. The van der Waals surface area contributed by atoms with Gasteiger partial charge in [0.05, 0.1) is 26.0 Å². The maximum atomic E-state index is 11.2. The first kappa shape index (κ1) is 10.0. The van der Waals surface area contributed by atoms with Gasteiger partial charge in [0.2, 0.25) is 5.76 Å². The molecule has 0 bridgehead atoms. The predicted molar refractivity (Wildman–Crippen MR) is 53.1 cm³/mol. The quantitative estimate of drug-likeness (QED) is 0.680. The number of anilines is 1. The van der Waals surface area contributed by atoms with E-state index in [9.17, 15) is 4.79 Å². The first-order valence-electron chi connectivity index (χ1n) is 4.81. The third-order valence-electron chi connectivity index (χ3n) is 2.35. The molecule has 82 valence electrons. The van der Waals surface area contributed by atoms with Crippen molar-refractivity contribution in [3.05, 3.63) is 18.1 Å². The minimum Gasteiger partial charge on any atom is -0.463 e. The van der Waals surface area contributed by atoms with E-state index in [1.807, 2.05) is 0 Å². The summed E-state index contributed by atoms with van der Waals surface area (Å²) in [6, 6.07) is 1.69. The Balaban J connectivity index is 2.08. The summed E-state index contributed by atoms with van der Waals surface area (Å²) in [7, 11) is 1.33. The number of methoxy groups -OCH3 is 1. The maximum Gasteiger partial charge on any atom is 0.374 e. The Bertz CT molecular complexity index is 341. The van der Waals surface area contributed by atoms with Crippen LogP contribution in [0, 0.1) is 0 Å². The van der Waals surface area contributed by atoms with E-state index in [1.165, 1.54) is 7.11 Å². The average Bonchev–Trinajstić information content (AvgIpc) is 2.78. The molecule has 0 atom stereocenters. The van der Waals surface area contributed by atoms with E-state index in [2.05, 4.69) is 9.64 Å². The molecule has 2 rings (SSSR count). The van der Waals surface area contributed by atoms with Gasteiger partial charge in [-0.25, -0.2) is 4.79 Å². The van der Waals surface area contributed by atoms with Gasteiger partial charge in [0.15, 0.2) is 0 Å². The predicted octanol–water partition coefficient (Wildman–Crippen LogP) is 0.903. The molecule has 0 aliphatic carbocycles. The molecule has 1 fully saturated rings. The fourth-order valence-corrected chi connectivity index (χ4v) is 1.52. The van der Waals surface area contributed by atoms with E-state index in [1.54, 1.807) is 12.3 Å². The van der Waals surface area contributed by atoms with Gasteiger partial charge in [-0.15, -0.1) is 0 Å². The normalized spacial score (nSPS) is 16.5. The number of morpholine rings is 1. The van der Waals surface area contributed by atoms with Crippen LogP contribution in [0.25, 0.3) is 0 Å². The number of hydrogen-bond donors (Lipinski definition) is 0. The molecule has 1 aromatic rings. The van der Waals surface area contributed by atoms with Gasteiger partial charge in [-0.2, -0.15) is 0 Å². The minimum absolute atomic E-state index is 0.235. The highest BCUT2D eigenvalue weighted by Gasteiger charge is 2.16. The Labute approximate surface area is 87.6 Å². The highest BCUT2D eigenvalue weighted by atomic mass is 16.5. The topological polar surface area (TPSA) is 51.9 Å². The molecule has 0 amide bonds. The summed E-state index contributed by atoms with van der Waals surface area (Å²) >= 11 is 0. The fourth-order valence-electron chi connectivity index (χ4n) is 1.52. The molecular weight excluding hydrogens is 198 g/mol. The molecule has 0 aromatic carbocycles. The van der Waals surface area contributed by atoms with E-state index in [4.69, 9.17) is 9.15 Å². The number of nitrogens with zero attached hydrogens (tertiary/aromatic N) is 1. The number of furan rings is 1. The zero-order valence-electron chi connectivity index (χ0n) is 8.56. The molecule has 0 N–H and O–H groups in total. The van der Waals surface area contributed by atoms with E-state index < -0.39 is 5.97 Å². The van der Waals surface area contributed by atoms with Crippen LogP contribution in [0.4, 0.5) is 5.69 Å². The highest BCUT2D eigenvalue weighted by Crippen LogP contribution is 2.19. The van der Waals surface area contributed by atoms with Crippen molar-refractivity contribution < 1.29 is 18.7 Å². The van der Waals surface area contributed by atoms with E-state index in [-0.39, 0.29) is 5.76 Å². The summed E-state index contributed by atoms with van der Waals surface area (Å²) in [5.74, 6) is -0.214. The van der Waals surface area contributed by atoms with Crippen LogP contribution in [0.15, 0.2) is 16.7 Å². The van der Waals surface area contributed by atoms with E-state index in [0.717, 1.165) is 18.8 Å². The van der Waals surface area contributed by atoms with Crippen LogP contribution in [0.5, 0.6) is 0 Å². The Kier molecular flexibility index (Phi) is 2.91. The van der Waals surface area contributed by atoms with Crippen LogP contribution in [-0.2, 0) is 9.47 Å². The SMILES string of the molecule is COC(=O)c1cc(N2CCOCC2)co1. The van der Waals surface area contributed by atoms with Gasteiger partial charge in [0, 0.05) is 19.2 Å². The van der Waals surface area contributed by atoms with Crippen molar-refractivity contribution in [2.75, 3.05) is 38.3 Å². The zero-order chi connectivity index (χ0) is 10.7. The summed E-state index contributed by atoms with van der Waals surface area (Å²) < 4.78 is 14.9. The maximum absolute atomic E-state index is 11.2. The minimum atomic E-state index is -0.450. The molecule has 5 heteroatoms. The lowest BCUT2D eigenvalue weighted by molar-refractivity contribution is 0.0565. The van der Waals surface area contributed by atoms with Gasteiger partial charge >= 0.3 is 5.97 Å². The van der Waals surface area contributed by atoms with Crippen molar-refractivity contribution in [2.24, 2.45) is 0 Å². The second kappa shape index (κ2) is 4.35. The lowest BCUT2D eigenvalue weighted by Crippen LogP contribution is -2.35. The monoisotopic (exact) mass is 211 g/mol. The van der Waals surface area contributed by atoms with Crippen molar-refractivity contribution in [1.29, 1.82) is 0 Å².